The van der Waals surface area contributed by atoms with Crippen molar-refractivity contribution in [3.05, 3.63) is 71.3 Å². The number of nitrogens with zero attached hydrogens (tertiary/aromatic N) is 1. The number of hydrogen-bond donors (Lipinski definition) is 1. The highest BCUT2D eigenvalue weighted by atomic mass is 16.5. The molecule has 2 aromatic carbocycles. The third kappa shape index (κ3) is 4.09. The number of ether oxygens (including phenoxy) is 1. The number of carbonyl (C=O) groups excluding carboxylic acids is 1. The highest BCUT2D eigenvalue weighted by Crippen LogP contribution is 2.42. The molecule has 1 amide bonds. The predicted molar refractivity (Wildman–Crippen MR) is 129 cm³/mol. The summed E-state index contributed by atoms with van der Waals surface area (Å²) in [6.45, 7) is 7.11. The van der Waals surface area contributed by atoms with Crippen LogP contribution >= 0.6 is 0 Å². The Kier molecular flexibility index (Phi) is 5.81. The topological polar surface area (TPSA) is 41.6 Å². The summed E-state index contributed by atoms with van der Waals surface area (Å²) in [6.07, 6.45) is 7.74. The van der Waals surface area contributed by atoms with Crippen LogP contribution in [0, 0.1) is 5.92 Å². The van der Waals surface area contributed by atoms with Crippen LogP contribution in [-0.4, -0.2) is 42.1 Å². The summed E-state index contributed by atoms with van der Waals surface area (Å²) in [4.78, 5) is 15.4. The maximum atomic E-state index is 13.3. The fourth-order valence-corrected chi connectivity index (χ4v) is 5.22. The number of fused-ring (bicyclic) bond motifs is 1. The van der Waals surface area contributed by atoms with E-state index in [9.17, 15) is 4.79 Å². The Morgan fingerprint density at radius 2 is 1.84 bits per heavy atom. The van der Waals surface area contributed by atoms with E-state index in [1.165, 1.54) is 18.4 Å². The maximum Gasteiger partial charge on any atom is 0.254 e. The van der Waals surface area contributed by atoms with Gasteiger partial charge in [0.15, 0.2) is 0 Å². The number of nitrogens with one attached hydrogen (secondary N) is 1. The molecule has 2 heterocycles. The summed E-state index contributed by atoms with van der Waals surface area (Å²) >= 11 is 0. The molecular formula is C28H34N2O2. The first-order chi connectivity index (χ1) is 15.6. The normalized spacial score (nSPS) is 20.1. The molecule has 1 spiro atoms. The van der Waals surface area contributed by atoms with Gasteiger partial charge in [-0.3, -0.25) is 4.79 Å². The lowest BCUT2D eigenvalue weighted by atomic mass is 9.83. The largest absolute Gasteiger partial charge is 0.482 e. The van der Waals surface area contributed by atoms with E-state index in [1.54, 1.807) is 0 Å². The van der Waals surface area contributed by atoms with Crippen molar-refractivity contribution in [2.75, 3.05) is 19.6 Å². The average Bonchev–Trinajstić information content (AvgIpc) is 3.67. The van der Waals surface area contributed by atoms with Crippen molar-refractivity contribution >= 4 is 11.5 Å². The van der Waals surface area contributed by atoms with Crippen molar-refractivity contribution in [2.24, 2.45) is 5.92 Å². The monoisotopic (exact) mass is 430 g/mol. The van der Waals surface area contributed by atoms with Crippen molar-refractivity contribution in [2.45, 2.75) is 57.6 Å². The standard InChI is InChI=1S/C28H34N2O2/c1-3-18-30(20(2)21-8-9-21)27(31)23-12-10-22(11-13-23)25-19-28(14-16-29-17-15-28)32-26-7-5-4-6-24(25)26/h4-7,10-13,19-21,29H,3,8-9,14-18H2,1-2H3. The Bertz CT molecular complexity index is 1000. The SMILES string of the molecule is CCCN(C(=O)c1ccc(C2=CC3(CCNCC3)Oc3ccccc32)cc1)C(C)C1CC1. The third-order valence-electron chi connectivity index (χ3n) is 7.31. The average molecular weight is 431 g/mol. The molecule has 4 nitrogen and oxygen atoms in total. The van der Waals surface area contributed by atoms with Gasteiger partial charge in [-0.2, -0.15) is 0 Å². The molecule has 1 saturated carbocycles. The van der Waals surface area contributed by atoms with Gasteiger partial charge in [0.1, 0.15) is 11.4 Å². The molecule has 1 saturated heterocycles. The van der Waals surface area contributed by atoms with Gasteiger partial charge in [-0.25, -0.2) is 0 Å². The Hall–Kier alpha value is -2.59. The van der Waals surface area contributed by atoms with E-state index in [2.05, 4.69) is 60.5 Å². The van der Waals surface area contributed by atoms with Gasteiger partial charge >= 0.3 is 0 Å². The van der Waals surface area contributed by atoms with Crippen LogP contribution in [0.5, 0.6) is 5.75 Å². The van der Waals surface area contributed by atoms with Crippen molar-refractivity contribution in [3.8, 4) is 5.75 Å². The minimum Gasteiger partial charge on any atom is -0.482 e. The lowest BCUT2D eigenvalue weighted by Gasteiger charge is -2.40. The van der Waals surface area contributed by atoms with Crippen LogP contribution in [-0.2, 0) is 0 Å². The molecule has 2 fully saturated rings. The van der Waals surface area contributed by atoms with Crippen LogP contribution in [0.25, 0.3) is 5.57 Å². The number of para-hydroxylation sites is 1. The number of rotatable bonds is 6. The van der Waals surface area contributed by atoms with Crippen LogP contribution in [0.3, 0.4) is 0 Å². The van der Waals surface area contributed by atoms with Crippen molar-refractivity contribution in [1.82, 2.24) is 10.2 Å². The van der Waals surface area contributed by atoms with E-state index in [0.717, 1.165) is 61.3 Å². The first-order valence-electron chi connectivity index (χ1n) is 12.2. The Labute approximate surface area is 191 Å². The summed E-state index contributed by atoms with van der Waals surface area (Å²) in [5.41, 5.74) is 4.02. The Morgan fingerprint density at radius 3 is 2.53 bits per heavy atom. The molecule has 0 bridgehead atoms. The molecule has 5 rings (SSSR count). The lowest BCUT2D eigenvalue weighted by Crippen LogP contribution is -2.46. The molecule has 1 unspecified atom stereocenters. The van der Waals surface area contributed by atoms with Crippen molar-refractivity contribution in [1.29, 1.82) is 0 Å². The molecule has 32 heavy (non-hydrogen) atoms. The van der Waals surface area contributed by atoms with Gasteiger partial charge in [0.25, 0.3) is 5.91 Å². The molecule has 1 N–H and O–H groups in total. The fraction of sp³-hybridized carbons (Fsp3) is 0.464. The predicted octanol–water partition coefficient (Wildman–Crippen LogP) is 5.28. The van der Waals surface area contributed by atoms with Gasteiger partial charge in [-0.15, -0.1) is 0 Å². The molecular weight excluding hydrogens is 396 g/mol. The zero-order valence-corrected chi connectivity index (χ0v) is 19.3. The minimum absolute atomic E-state index is 0.161. The van der Waals surface area contributed by atoms with E-state index in [0.29, 0.717) is 12.0 Å². The van der Waals surface area contributed by atoms with Crippen molar-refractivity contribution < 1.29 is 9.53 Å². The highest BCUT2D eigenvalue weighted by molar-refractivity contribution is 5.95. The molecule has 1 aliphatic carbocycles. The third-order valence-corrected chi connectivity index (χ3v) is 7.31. The van der Waals surface area contributed by atoms with Gasteiger partial charge in [-0.05, 0) is 80.6 Å². The molecule has 168 valence electrons. The van der Waals surface area contributed by atoms with Crippen LogP contribution in [0.2, 0.25) is 0 Å². The number of carbonyl (C=O) groups is 1. The first kappa shape index (κ1) is 21.3. The van der Waals surface area contributed by atoms with Gasteiger partial charge < -0.3 is 15.0 Å². The van der Waals surface area contributed by atoms with Crippen LogP contribution in [0.4, 0.5) is 0 Å². The number of hydrogen-bond acceptors (Lipinski definition) is 3. The van der Waals surface area contributed by atoms with E-state index >= 15 is 0 Å². The second kappa shape index (κ2) is 8.74. The quantitative estimate of drug-likeness (QED) is 0.678. The second-order valence-electron chi connectivity index (χ2n) is 9.62. The maximum absolute atomic E-state index is 13.3. The molecule has 3 aliphatic rings. The van der Waals surface area contributed by atoms with Crippen LogP contribution in [0.1, 0.15) is 67.4 Å². The molecule has 4 heteroatoms. The minimum atomic E-state index is -0.249. The summed E-state index contributed by atoms with van der Waals surface area (Å²) in [6, 6.07) is 16.9. The zero-order chi connectivity index (χ0) is 22.1. The molecule has 1 atom stereocenters. The van der Waals surface area contributed by atoms with Gasteiger partial charge in [0, 0.05) is 36.6 Å². The molecule has 2 aliphatic heterocycles. The summed E-state index contributed by atoms with van der Waals surface area (Å²) in [5, 5.41) is 3.45. The Morgan fingerprint density at radius 1 is 1.12 bits per heavy atom. The smallest absolute Gasteiger partial charge is 0.254 e. The molecule has 0 radical (unpaired) electrons. The zero-order valence-electron chi connectivity index (χ0n) is 19.3. The fourth-order valence-electron chi connectivity index (χ4n) is 5.22. The van der Waals surface area contributed by atoms with E-state index < -0.39 is 0 Å². The van der Waals surface area contributed by atoms with Gasteiger partial charge in [0.05, 0.1) is 0 Å². The van der Waals surface area contributed by atoms with E-state index in [1.807, 2.05) is 18.2 Å². The Balaban J connectivity index is 1.45. The van der Waals surface area contributed by atoms with Crippen LogP contribution < -0.4 is 10.1 Å². The number of benzene rings is 2. The molecule has 0 aromatic heterocycles. The number of amides is 1. The summed E-state index contributed by atoms with van der Waals surface area (Å²) < 4.78 is 6.51. The van der Waals surface area contributed by atoms with Crippen LogP contribution in [0.15, 0.2) is 54.6 Å². The summed E-state index contributed by atoms with van der Waals surface area (Å²) in [7, 11) is 0. The number of piperidine rings is 1. The molecule has 2 aromatic rings. The van der Waals surface area contributed by atoms with E-state index in [4.69, 9.17) is 4.74 Å². The lowest BCUT2D eigenvalue weighted by molar-refractivity contribution is 0.0672. The van der Waals surface area contributed by atoms with Gasteiger partial charge in [-0.1, -0.05) is 37.3 Å². The van der Waals surface area contributed by atoms with Crippen molar-refractivity contribution in [3.63, 3.8) is 0 Å². The second-order valence-corrected chi connectivity index (χ2v) is 9.62. The van der Waals surface area contributed by atoms with E-state index in [-0.39, 0.29) is 11.5 Å². The summed E-state index contributed by atoms with van der Waals surface area (Å²) in [5.74, 6) is 1.79. The first-order valence-corrected chi connectivity index (χ1v) is 12.2. The highest BCUT2D eigenvalue weighted by Gasteiger charge is 2.37. The van der Waals surface area contributed by atoms with Gasteiger partial charge in [0.2, 0.25) is 0 Å².